The number of hydrogen-bond acceptors (Lipinski definition) is 8. The summed E-state index contributed by atoms with van der Waals surface area (Å²) in [6, 6.07) is 17.7. The lowest BCUT2D eigenvalue weighted by molar-refractivity contribution is -0.117. The fraction of sp³-hybridized carbons (Fsp3) is 0.222. The first-order valence-electron chi connectivity index (χ1n) is 11.4. The van der Waals surface area contributed by atoms with E-state index >= 15 is 0 Å². The van der Waals surface area contributed by atoms with Gasteiger partial charge in [-0.1, -0.05) is 30.3 Å². The molecule has 0 radical (unpaired) electrons. The number of anilines is 1. The van der Waals surface area contributed by atoms with Crippen molar-refractivity contribution in [2.45, 2.75) is 17.4 Å². The van der Waals surface area contributed by atoms with E-state index in [-0.39, 0.29) is 28.1 Å². The lowest BCUT2D eigenvalue weighted by Gasteiger charge is -2.28. The average Bonchev–Trinajstić information content (AvgIpc) is 2.94. The molecular formula is C27H28N2O8S. The third-order valence-corrected chi connectivity index (χ3v) is 7.68. The van der Waals surface area contributed by atoms with Gasteiger partial charge in [0.2, 0.25) is 15.9 Å². The van der Waals surface area contributed by atoms with Gasteiger partial charge >= 0.3 is 11.9 Å². The van der Waals surface area contributed by atoms with Crippen molar-refractivity contribution >= 4 is 33.6 Å². The molecule has 0 unspecified atom stereocenters. The van der Waals surface area contributed by atoms with Crippen LogP contribution < -0.4 is 10.1 Å². The molecule has 0 spiro atoms. The van der Waals surface area contributed by atoms with Gasteiger partial charge in [0.15, 0.2) is 0 Å². The molecule has 1 atom stereocenters. The average molecular weight is 541 g/mol. The van der Waals surface area contributed by atoms with Crippen molar-refractivity contribution in [2.75, 3.05) is 33.7 Å². The number of methoxy groups -OCH3 is 3. The molecule has 1 amide bonds. The Balaban J connectivity index is 1.96. The van der Waals surface area contributed by atoms with Crippen LogP contribution in [0.5, 0.6) is 5.75 Å². The van der Waals surface area contributed by atoms with E-state index in [4.69, 9.17) is 14.2 Å². The van der Waals surface area contributed by atoms with Gasteiger partial charge in [0.05, 0.1) is 43.4 Å². The zero-order chi connectivity index (χ0) is 27.9. The Hall–Kier alpha value is -4.22. The summed E-state index contributed by atoms with van der Waals surface area (Å²) in [7, 11) is 1.32. The van der Waals surface area contributed by atoms with E-state index in [1.807, 2.05) is 0 Å². The topological polar surface area (TPSA) is 128 Å². The Morgan fingerprint density at radius 2 is 1.39 bits per heavy atom. The number of sulfonamides is 1. The molecule has 0 bridgehead atoms. The van der Waals surface area contributed by atoms with E-state index in [2.05, 4.69) is 5.32 Å². The predicted molar refractivity (Wildman–Crippen MR) is 139 cm³/mol. The monoisotopic (exact) mass is 540 g/mol. The number of amides is 1. The lowest BCUT2D eigenvalue weighted by atomic mass is 10.0. The maximum absolute atomic E-state index is 13.4. The van der Waals surface area contributed by atoms with Crippen LogP contribution in [0.2, 0.25) is 0 Å². The summed E-state index contributed by atoms with van der Waals surface area (Å²) in [5, 5.41) is 2.65. The van der Waals surface area contributed by atoms with Gasteiger partial charge in [-0.15, -0.1) is 0 Å². The molecule has 0 fully saturated rings. The third kappa shape index (κ3) is 6.55. The fourth-order valence-electron chi connectivity index (χ4n) is 3.77. The second kappa shape index (κ2) is 12.3. The summed E-state index contributed by atoms with van der Waals surface area (Å²) in [5.41, 5.74) is 0.754. The molecule has 11 heteroatoms. The minimum absolute atomic E-state index is 0.0289. The molecule has 0 aromatic heterocycles. The molecule has 0 saturated carbocycles. The first kappa shape index (κ1) is 28.4. The van der Waals surface area contributed by atoms with Gasteiger partial charge in [-0.3, -0.25) is 4.79 Å². The van der Waals surface area contributed by atoms with Crippen LogP contribution in [0, 0.1) is 0 Å². The number of benzene rings is 3. The van der Waals surface area contributed by atoms with Crippen molar-refractivity contribution in [1.82, 2.24) is 4.31 Å². The SMILES string of the molecule is COC(=O)c1cc(NC(=O)C[C@@H](c2ccc(OC)cc2)N(C)S(=O)(=O)c2ccccc2)cc(C(=O)OC)c1. The highest BCUT2D eigenvalue weighted by molar-refractivity contribution is 7.89. The van der Waals surface area contributed by atoms with Crippen molar-refractivity contribution in [3.05, 3.63) is 89.5 Å². The molecular weight excluding hydrogens is 512 g/mol. The second-order valence-corrected chi connectivity index (χ2v) is 10.2. The highest BCUT2D eigenvalue weighted by atomic mass is 32.2. The van der Waals surface area contributed by atoms with Crippen LogP contribution in [-0.2, 0) is 24.3 Å². The summed E-state index contributed by atoms with van der Waals surface area (Å²) >= 11 is 0. The Kier molecular flexibility index (Phi) is 9.21. The van der Waals surface area contributed by atoms with Crippen molar-refractivity contribution < 1.29 is 37.0 Å². The molecule has 10 nitrogen and oxygen atoms in total. The maximum Gasteiger partial charge on any atom is 0.337 e. The van der Waals surface area contributed by atoms with Gasteiger partial charge in [-0.2, -0.15) is 4.31 Å². The minimum Gasteiger partial charge on any atom is -0.497 e. The number of esters is 2. The van der Waals surface area contributed by atoms with E-state index in [0.717, 1.165) is 4.31 Å². The largest absolute Gasteiger partial charge is 0.497 e. The van der Waals surface area contributed by atoms with Gasteiger partial charge in [-0.05, 0) is 48.0 Å². The first-order chi connectivity index (χ1) is 18.1. The fourth-order valence-corrected chi connectivity index (χ4v) is 5.13. The second-order valence-electron chi connectivity index (χ2n) is 8.16. The summed E-state index contributed by atoms with van der Waals surface area (Å²) in [6.45, 7) is 0. The molecule has 3 aromatic carbocycles. The van der Waals surface area contributed by atoms with Crippen LogP contribution in [-0.4, -0.2) is 58.9 Å². The van der Waals surface area contributed by atoms with E-state index in [9.17, 15) is 22.8 Å². The Bertz CT molecular complexity index is 1370. The van der Waals surface area contributed by atoms with Crippen LogP contribution >= 0.6 is 0 Å². The number of carbonyl (C=O) groups is 3. The third-order valence-electron chi connectivity index (χ3n) is 5.80. The van der Waals surface area contributed by atoms with Crippen LogP contribution in [0.3, 0.4) is 0 Å². The summed E-state index contributed by atoms with van der Waals surface area (Å²) < 4.78 is 42.6. The van der Waals surface area contributed by atoms with Gasteiger partial charge in [0.25, 0.3) is 0 Å². The lowest BCUT2D eigenvalue weighted by Crippen LogP contribution is -2.33. The number of hydrogen-bond donors (Lipinski definition) is 1. The Labute approximate surface area is 221 Å². The molecule has 0 saturated heterocycles. The Morgan fingerprint density at radius 1 is 0.842 bits per heavy atom. The number of carbonyl (C=O) groups excluding carboxylic acids is 3. The molecule has 38 heavy (non-hydrogen) atoms. The minimum atomic E-state index is -3.96. The first-order valence-corrected chi connectivity index (χ1v) is 12.8. The zero-order valence-electron chi connectivity index (χ0n) is 21.3. The van der Waals surface area contributed by atoms with Gasteiger partial charge in [0.1, 0.15) is 5.75 Å². The van der Waals surface area contributed by atoms with E-state index in [0.29, 0.717) is 11.3 Å². The van der Waals surface area contributed by atoms with Gasteiger partial charge < -0.3 is 19.5 Å². The van der Waals surface area contributed by atoms with Crippen LogP contribution in [0.15, 0.2) is 77.7 Å². The molecule has 3 rings (SSSR count). The smallest absolute Gasteiger partial charge is 0.337 e. The van der Waals surface area contributed by atoms with E-state index in [1.165, 1.54) is 58.7 Å². The number of ether oxygens (including phenoxy) is 3. The van der Waals surface area contributed by atoms with Crippen LogP contribution in [0.4, 0.5) is 5.69 Å². The molecule has 0 aliphatic heterocycles. The molecule has 0 heterocycles. The highest BCUT2D eigenvalue weighted by Gasteiger charge is 2.31. The van der Waals surface area contributed by atoms with Crippen molar-refractivity contribution in [2.24, 2.45) is 0 Å². The highest BCUT2D eigenvalue weighted by Crippen LogP contribution is 2.30. The quantitative estimate of drug-likeness (QED) is 0.386. The van der Waals surface area contributed by atoms with Crippen molar-refractivity contribution in [3.8, 4) is 5.75 Å². The molecule has 0 aliphatic carbocycles. The summed E-state index contributed by atoms with van der Waals surface area (Å²) in [5.74, 6) is -1.41. The number of nitrogens with one attached hydrogen (secondary N) is 1. The number of nitrogens with zero attached hydrogens (tertiary/aromatic N) is 1. The van der Waals surface area contributed by atoms with Crippen molar-refractivity contribution in [1.29, 1.82) is 0 Å². The molecule has 200 valence electrons. The normalized spacial score (nSPS) is 11.9. The molecule has 3 aromatic rings. The van der Waals surface area contributed by atoms with E-state index < -0.39 is 33.9 Å². The number of rotatable bonds is 10. The van der Waals surface area contributed by atoms with E-state index in [1.54, 1.807) is 42.5 Å². The summed E-state index contributed by atoms with van der Waals surface area (Å²) in [4.78, 5) is 37.5. The Morgan fingerprint density at radius 3 is 1.89 bits per heavy atom. The van der Waals surface area contributed by atoms with Gasteiger partial charge in [0, 0.05) is 19.2 Å². The van der Waals surface area contributed by atoms with Crippen LogP contribution in [0.1, 0.15) is 38.7 Å². The maximum atomic E-state index is 13.4. The molecule has 0 aliphatic rings. The summed E-state index contributed by atoms with van der Waals surface area (Å²) in [6.07, 6.45) is -0.273. The van der Waals surface area contributed by atoms with Crippen molar-refractivity contribution in [3.63, 3.8) is 0 Å². The van der Waals surface area contributed by atoms with Crippen LogP contribution in [0.25, 0.3) is 0 Å². The van der Waals surface area contributed by atoms with Gasteiger partial charge in [-0.25, -0.2) is 18.0 Å². The molecule has 1 N–H and O–H groups in total. The predicted octanol–water partition coefficient (Wildman–Crippen LogP) is 3.66. The standard InChI is InChI=1S/C27H28N2O8S/c1-29(38(33,34)23-8-6-5-7-9-23)24(18-10-12-22(35-2)13-11-18)17-25(30)28-21-15-19(26(31)36-3)14-20(16-21)27(32)37-4/h5-16,24H,17H2,1-4H3,(H,28,30)/t24-/m0/s1. The zero-order valence-corrected chi connectivity index (χ0v) is 22.2.